The summed E-state index contributed by atoms with van der Waals surface area (Å²) < 4.78 is 0. The lowest BCUT2D eigenvalue weighted by Gasteiger charge is -2.42. The fourth-order valence-electron chi connectivity index (χ4n) is 9.73. The Bertz CT molecular complexity index is 2440. The fourth-order valence-corrected chi connectivity index (χ4v) is 9.73. The Morgan fingerprint density at radius 3 is 1.80 bits per heavy atom. The van der Waals surface area contributed by atoms with E-state index in [0.29, 0.717) is 11.8 Å². The van der Waals surface area contributed by atoms with Crippen LogP contribution in [0, 0.1) is 5.92 Å². The second-order valence-corrected chi connectivity index (χ2v) is 14.5. The third-order valence-corrected chi connectivity index (χ3v) is 11.9. The number of H-pyrrole nitrogens is 1. The maximum atomic E-state index is 3.57. The summed E-state index contributed by atoms with van der Waals surface area (Å²) in [7, 11) is 0. The Balaban J connectivity index is 1.12. The van der Waals surface area contributed by atoms with Crippen LogP contribution in [-0.2, 0) is 5.41 Å². The molecule has 2 heteroatoms. The van der Waals surface area contributed by atoms with E-state index in [1.807, 2.05) is 0 Å². The summed E-state index contributed by atoms with van der Waals surface area (Å²) in [4.78, 5) is 6.01. The second kappa shape index (κ2) is 12.2. The van der Waals surface area contributed by atoms with Crippen LogP contribution in [0.5, 0.6) is 0 Å². The maximum absolute atomic E-state index is 3.57. The van der Waals surface area contributed by atoms with Gasteiger partial charge >= 0.3 is 0 Å². The molecule has 2 atom stereocenters. The monoisotopic (exact) mass is 656 g/mol. The first kappa shape index (κ1) is 30.0. The zero-order valence-corrected chi connectivity index (χ0v) is 28.7. The first-order valence-corrected chi connectivity index (χ1v) is 18.5. The van der Waals surface area contributed by atoms with Crippen molar-refractivity contribution in [1.82, 2.24) is 4.98 Å². The van der Waals surface area contributed by atoms with Gasteiger partial charge in [-0.1, -0.05) is 134 Å². The molecule has 246 valence electrons. The standard InChI is InChI=1S/C49H40N2/c1-4-14-36(15-5-1)49(37-16-6-2-7-17-37)45-22-12-10-20-41(45)42-30-29-40(33-46(42)49)51(38-18-8-3-9-19-38)39-27-24-34(25-28-39)35-26-31-48-44(32-35)43-21-11-13-23-47(43)50-48/h1-9,11,13-19,21,23-33,41,45,50H,10,12,20,22H2. The van der Waals surface area contributed by atoms with Gasteiger partial charge in [0.05, 0.1) is 0 Å². The zero-order chi connectivity index (χ0) is 33.8. The van der Waals surface area contributed by atoms with Gasteiger partial charge in [-0.3, -0.25) is 0 Å². The van der Waals surface area contributed by atoms with Crippen LogP contribution in [0.25, 0.3) is 32.9 Å². The number of aromatic nitrogens is 1. The second-order valence-electron chi connectivity index (χ2n) is 14.5. The average molecular weight is 657 g/mol. The SMILES string of the molecule is c1ccc(N(c2ccc(-c3ccc4[nH]c5ccccc5c4c3)cc2)c2ccc3c(c2)C(c2ccccc2)(c2ccccc2)C2CCCCC32)cc1. The molecule has 1 N–H and O–H groups in total. The zero-order valence-electron chi connectivity index (χ0n) is 28.7. The number of hydrogen-bond acceptors (Lipinski definition) is 1. The largest absolute Gasteiger partial charge is 0.355 e. The molecule has 1 fully saturated rings. The third kappa shape index (κ3) is 4.77. The van der Waals surface area contributed by atoms with Gasteiger partial charge < -0.3 is 9.88 Å². The molecule has 2 unspecified atom stereocenters. The van der Waals surface area contributed by atoms with Crippen LogP contribution in [0.15, 0.2) is 176 Å². The van der Waals surface area contributed by atoms with Crippen LogP contribution in [-0.4, -0.2) is 4.98 Å². The Kier molecular flexibility index (Phi) is 7.16. The predicted octanol–water partition coefficient (Wildman–Crippen LogP) is 13.1. The summed E-state index contributed by atoms with van der Waals surface area (Å²) in [5.74, 6) is 1.09. The van der Waals surface area contributed by atoms with Crippen molar-refractivity contribution in [2.45, 2.75) is 37.0 Å². The third-order valence-electron chi connectivity index (χ3n) is 11.9. The number of para-hydroxylation sites is 2. The molecule has 0 saturated heterocycles. The van der Waals surface area contributed by atoms with Gasteiger partial charge in [0, 0.05) is 44.3 Å². The minimum Gasteiger partial charge on any atom is -0.355 e. The topological polar surface area (TPSA) is 19.0 Å². The lowest BCUT2D eigenvalue weighted by atomic mass is 9.61. The Hall–Kier alpha value is -5.86. The van der Waals surface area contributed by atoms with Crippen molar-refractivity contribution >= 4 is 38.9 Å². The fraction of sp³-hybridized carbons (Fsp3) is 0.143. The van der Waals surface area contributed by atoms with E-state index in [0.717, 1.165) is 11.4 Å². The summed E-state index contributed by atoms with van der Waals surface area (Å²) in [5, 5.41) is 2.52. The van der Waals surface area contributed by atoms with E-state index in [-0.39, 0.29) is 5.41 Å². The van der Waals surface area contributed by atoms with Gasteiger partial charge in [0.2, 0.25) is 0 Å². The maximum Gasteiger partial charge on any atom is 0.0488 e. The molecule has 0 amide bonds. The highest BCUT2D eigenvalue weighted by Crippen LogP contribution is 2.62. The van der Waals surface area contributed by atoms with E-state index in [4.69, 9.17) is 0 Å². The highest BCUT2D eigenvalue weighted by molar-refractivity contribution is 6.08. The van der Waals surface area contributed by atoms with Crippen LogP contribution in [0.3, 0.4) is 0 Å². The predicted molar refractivity (Wildman–Crippen MR) is 213 cm³/mol. The number of nitrogens with one attached hydrogen (secondary N) is 1. The minimum atomic E-state index is -0.202. The molecular weight excluding hydrogens is 617 g/mol. The van der Waals surface area contributed by atoms with Crippen LogP contribution >= 0.6 is 0 Å². The summed E-state index contributed by atoms with van der Waals surface area (Å²) in [6, 6.07) is 65.5. The van der Waals surface area contributed by atoms with Crippen molar-refractivity contribution in [3.63, 3.8) is 0 Å². The number of anilines is 3. The quantitative estimate of drug-likeness (QED) is 0.189. The molecule has 51 heavy (non-hydrogen) atoms. The molecule has 1 aromatic heterocycles. The number of fused-ring (bicyclic) bond motifs is 6. The first-order chi connectivity index (χ1) is 25.3. The molecular formula is C49H40N2. The van der Waals surface area contributed by atoms with E-state index >= 15 is 0 Å². The lowest BCUT2D eigenvalue weighted by molar-refractivity contribution is 0.262. The van der Waals surface area contributed by atoms with Crippen LogP contribution in [0.1, 0.15) is 53.9 Å². The van der Waals surface area contributed by atoms with Crippen LogP contribution < -0.4 is 4.90 Å². The number of hydrogen-bond donors (Lipinski definition) is 1. The molecule has 2 aliphatic carbocycles. The van der Waals surface area contributed by atoms with E-state index in [1.165, 1.54) is 86.6 Å². The summed E-state index contributed by atoms with van der Waals surface area (Å²) in [6.45, 7) is 0. The van der Waals surface area contributed by atoms with Gasteiger partial charge in [0.25, 0.3) is 0 Å². The smallest absolute Gasteiger partial charge is 0.0488 e. The first-order valence-electron chi connectivity index (χ1n) is 18.5. The number of nitrogens with zero attached hydrogens (tertiary/aromatic N) is 1. The van der Waals surface area contributed by atoms with Gasteiger partial charge in [0.1, 0.15) is 0 Å². The van der Waals surface area contributed by atoms with E-state index in [9.17, 15) is 0 Å². The molecule has 0 bridgehead atoms. The molecule has 2 aliphatic rings. The molecule has 7 aromatic carbocycles. The number of benzene rings is 7. The Labute approximate surface area is 300 Å². The molecule has 0 aliphatic heterocycles. The van der Waals surface area contributed by atoms with Crippen molar-refractivity contribution in [2.75, 3.05) is 4.90 Å². The van der Waals surface area contributed by atoms with Gasteiger partial charge in [-0.2, -0.15) is 0 Å². The average Bonchev–Trinajstić information content (AvgIpc) is 3.73. The molecule has 2 nitrogen and oxygen atoms in total. The Morgan fingerprint density at radius 1 is 0.471 bits per heavy atom. The van der Waals surface area contributed by atoms with Crippen LogP contribution in [0.4, 0.5) is 17.1 Å². The number of aromatic amines is 1. The summed E-state index contributed by atoms with van der Waals surface area (Å²) in [5.41, 5.74) is 13.9. The minimum absolute atomic E-state index is 0.202. The van der Waals surface area contributed by atoms with Gasteiger partial charge in [-0.05, 0) is 113 Å². The lowest BCUT2D eigenvalue weighted by Crippen LogP contribution is -2.37. The van der Waals surface area contributed by atoms with Crippen molar-refractivity contribution in [2.24, 2.45) is 5.92 Å². The van der Waals surface area contributed by atoms with Crippen molar-refractivity contribution in [1.29, 1.82) is 0 Å². The van der Waals surface area contributed by atoms with Gasteiger partial charge in [0.15, 0.2) is 0 Å². The summed E-state index contributed by atoms with van der Waals surface area (Å²) in [6.07, 6.45) is 5.09. The molecule has 10 rings (SSSR count). The van der Waals surface area contributed by atoms with Crippen molar-refractivity contribution < 1.29 is 0 Å². The van der Waals surface area contributed by atoms with Crippen molar-refractivity contribution in [3.05, 3.63) is 198 Å². The number of rotatable bonds is 6. The Morgan fingerprint density at radius 2 is 1.06 bits per heavy atom. The normalized spacial score (nSPS) is 17.6. The van der Waals surface area contributed by atoms with Crippen molar-refractivity contribution in [3.8, 4) is 11.1 Å². The highest BCUT2D eigenvalue weighted by atomic mass is 15.1. The van der Waals surface area contributed by atoms with Gasteiger partial charge in [-0.25, -0.2) is 0 Å². The summed E-state index contributed by atoms with van der Waals surface area (Å²) >= 11 is 0. The van der Waals surface area contributed by atoms with E-state index in [2.05, 4.69) is 186 Å². The van der Waals surface area contributed by atoms with Crippen LogP contribution in [0.2, 0.25) is 0 Å². The van der Waals surface area contributed by atoms with E-state index < -0.39 is 0 Å². The molecule has 1 saturated carbocycles. The van der Waals surface area contributed by atoms with E-state index in [1.54, 1.807) is 0 Å². The molecule has 1 heterocycles. The molecule has 0 radical (unpaired) electrons. The van der Waals surface area contributed by atoms with Gasteiger partial charge in [-0.15, -0.1) is 0 Å². The molecule has 0 spiro atoms. The molecule has 8 aromatic rings. The highest BCUT2D eigenvalue weighted by Gasteiger charge is 2.54.